The lowest BCUT2D eigenvalue weighted by Crippen LogP contribution is -2.04. The molecular formula is C42H26F4N4OS. The SMILES string of the molecule is C#CCOc1ccc(-c2c3nc(cc4ccc([nH]4)c(-c4c(F)c(F)c(SCc5ccccc5)c(F)c4F)c4nc(cc5ccc2[nH]5)C=C4)C=C3)cc1. The number of benzene rings is 3. The zero-order valence-electron chi connectivity index (χ0n) is 27.2. The molecule has 3 aromatic carbocycles. The second kappa shape index (κ2) is 13.8. The maximum atomic E-state index is 16.1. The average Bonchev–Trinajstić information content (AvgIpc) is 4.00. The van der Waals surface area contributed by atoms with E-state index >= 15 is 17.6 Å². The van der Waals surface area contributed by atoms with Crippen LogP contribution in [0.2, 0.25) is 0 Å². The number of ether oxygens (including phenoxy) is 1. The molecule has 0 unspecified atom stereocenters. The van der Waals surface area contributed by atoms with Crippen molar-refractivity contribution in [2.45, 2.75) is 10.6 Å². The Hall–Kier alpha value is -6.31. The molecule has 5 heterocycles. The van der Waals surface area contributed by atoms with Crippen LogP contribution in [0.1, 0.15) is 28.3 Å². The van der Waals surface area contributed by atoms with Crippen LogP contribution in [0.15, 0.2) is 95.9 Å². The molecule has 0 fully saturated rings. The molecule has 0 saturated carbocycles. The molecule has 0 saturated heterocycles. The number of rotatable bonds is 7. The Morgan fingerprint density at radius 2 is 1.21 bits per heavy atom. The molecular weight excluding hydrogens is 685 g/mol. The molecule has 254 valence electrons. The number of halogens is 4. The summed E-state index contributed by atoms with van der Waals surface area (Å²) in [6, 6.07) is 27.0. The predicted octanol–water partition coefficient (Wildman–Crippen LogP) is 10.9. The lowest BCUT2D eigenvalue weighted by molar-refractivity contribution is 0.370. The van der Waals surface area contributed by atoms with Crippen molar-refractivity contribution in [2.24, 2.45) is 0 Å². The fourth-order valence-electron chi connectivity index (χ4n) is 6.17. The summed E-state index contributed by atoms with van der Waals surface area (Å²) < 4.78 is 69.1. The van der Waals surface area contributed by atoms with Gasteiger partial charge in [-0.15, -0.1) is 18.2 Å². The summed E-state index contributed by atoms with van der Waals surface area (Å²) in [6.07, 6.45) is 12.3. The minimum Gasteiger partial charge on any atom is -0.481 e. The van der Waals surface area contributed by atoms with Crippen molar-refractivity contribution in [3.05, 3.63) is 143 Å². The van der Waals surface area contributed by atoms with Gasteiger partial charge in [0.05, 0.1) is 33.2 Å². The van der Waals surface area contributed by atoms with Crippen LogP contribution in [-0.4, -0.2) is 26.5 Å². The molecule has 3 aromatic heterocycles. The number of hydrogen-bond acceptors (Lipinski definition) is 4. The summed E-state index contributed by atoms with van der Waals surface area (Å²) in [5.74, 6) is -2.75. The van der Waals surface area contributed by atoms with Gasteiger partial charge in [-0.2, -0.15) is 0 Å². The molecule has 8 bridgehead atoms. The minimum absolute atomic E-state index is 0.118. The summed E-state index contributed by atoms with van der Waals surface area (Å²) in [4.78, 5) is 15.4. The van der Waals surface area contributed by atoms with E-state index in [-0.39, 0.29) is 29.1 Å². The van der Waals surface area contributed by atoms with E-state index in [1.807, 2.05) is 48.6 Å². The maximum Gasteiger partial charge on any atom is 0.176 e. The lowest BCUT2D eigenvalue weighted by atomic mass is 10.0. The summed E-state index contributed by atoms with van der Waals surface area (Å²) in [5, 5.41) is 0. The highest BCUT2D eigenvalue weighted by molar-refractivity contribution is 7.98. The third-order valence-electron chi connectivity index (χ3n) is 8.56. The summed E-state index contributed by atoms with van der Waals surface area (Å²) in [6.45, 7) is 0.158. The topological polar surface area (TPSA) is 66.6 Å². The molecule has 0 spiro atoms. The van der Waals surface area contributed by atoms with Gasteiger partial charge in [0.1, 0.15) is 12.4 Å². The fourth-order valence-corrected chi connectivity index (χ4v) is 7.11. The van der Waals surface area contributed by atoms with E-state index < -0.39 is 33.7 Å². The minimum atomic E-state index is -1.51. The van der Waals surface area contributed by atoms with Crippen LogP contribution >= 0.6 is 11.8 Å². The Morgan fingerprint density at radius 3 is 1.81 bits per heavy atom. The first-order valence-corrected chi connectivity index (χ1v) is 17.1. The number of aromatic amines is 2. The van der Waals surface area contributed by atoms with E-state index in [1.165, 1.54) is 0 Å². The number of terminal acetylenes is 1. The summed E-state index contributed by atoms with van der Waals surface area (Å²) in [7, 11) is 0. The number of hydrogen-bond donors (Lipinski definition) is 2. The van der Waals surface area contributed by atoms with E-state index in [1.54, 1.807) is 66.7 Å². The molecule has 2 N–H and O–H groups in total. The molecule has 2 aliphatic heterocycles. The first kappa shape index (κ1) is 32.9. The van der Waals surface area contributed by atoms with Gasteiger partial charge in [0.2, 0.25) is 0 Å². The van der Waals surface area contributed by atoms with Crippen LogP contribution in [0, 0.1) is 35.6 Å². The lowest BCUT2D eigenvalue weighted by Gasteiger charge is -2.13. The van der Waals surface area contributed by atoms with Crippen molar-refractivity contribution in [3.8, 4) is 40.3 Å². The largest absolute Gasteiger partial charge is 0.481 e. The van der Waals surface area contributed by atoms with Gasteiger partial charge in [0, 0.05) is 38.9 Å². The van der Waals surface area contributed by atoms with E-state index in [9.17, 15) is 0 Å². The molecule has 10 heteroatoms. The Balaban J connectivity index is 1.32. The van der Waals surface area contributed by atoms with Gasteiger partial charge in [-0.25, -0.2) is 27.5 Å². The molecule has 0 aliphatic carbocycles. The van der Waals surface area contributed by atoms with E-state index in [0.29, 0.717) is 45.6 Å². The normalized spacial score (nSPS) is 11.9. The van der Waals surface area contributed by atoms with Gasteiger partial charge in [0.15, 0.2) is 23.3 Å². The number of H-pyrrole nitrogens is 2. The van der Waals surface area contributed by atoms with Crippen LogP contribution in [0.5, 0.6) is 5.75 Å². The van der Waals surface area contributed by atoms with E-state index in [2.05, 4.69) is 20.9 Å². The Labute approximate surface area is 299 Å². The first-order chi connectivity index (χ1) is 25.4. The second-order valence-corrected chi connectivity index (χ2v) is 12.9. The third kappa shape index (κ3) is 6.27. The number of thioether (sulfide) groups is 1. The summed E-state index contributed by atoms with van der Waals surface area (Å²) >= 11 is 0.690. The van der Waals surface area contributed by atoms with Gasteiger partial charge >= 0.3 is 0 Å². The molecule has 5 nitrogen and oxygen atoms in total. The highest BCUT2D eigenvalue weighted by atomic mass is 32.2. The van der Waals surface area contributed by atoms with Crippen LogP contribution < -0.4 is 4.74 Å². The van der Waals surface area contributed by atoms with Gasteiger partial charge in [-0.1, -0.05) is 48.4 Å². The van der Waals surface area contributed by atoms with Crippen LogP contribution in [0.3, 0.4) is 0 Å². The van der Waals surface area contributed by atoms with Crippen molar-refractivity contribution >= 4 is 58.1 Å². The number of aromatic nitrogens is 4. The summed E-state index contributed by atoms with van der Waals surface area (Å²) in [5.41, 5.74) is 5.56. The Kier molecular flexibility index (Phi) is 8.71. The van der Waals surface area contributed by atoms with Crippen molar-refractivity contribution in [1.82, 2.24) is 19.9 Å². The highest BCUT2D eigenvalue weighted by Gasteiger charge is 2.29. The van der Waals surface area contributed by atoms with Gasteiger partial charge in [0.25, 0.3) is 0 Å². The maximum absolute atomic E-state index is 16.1. The Morgan fingerprint density at radius 1 is 0.635 bits per heavy atom. The number of fused-ring (bicyclic) bond motifs is 8. The third-order valence-corrected chi connectivity index (χ3v) is 9.69. The first-order valence-electron chi connectivity index (χ1n) is 16.2. The predicted molar refractivity (Wildman–Crippen MR) is 200 cm³/mol. The Bertz CT molecular complexity index is 2610. The average molecular weight is 711 g/mol. The molecule has 6 aromatic rings. The molecule has 0 radical (unpaired) electrons. The van der Waals surface area contributed by atoms with Crippen molar-refractivity contribution in [3.63, 3.8) is 0 Å². The molecule has 52 heavy (non-hydrogen) atoms. The molecule has 0 amide bonds. The highest BCUT2D eigenvalue weighted by Crippen LogP contribution is 2.40. The number of nitrogens with one attached hydrogen (secondary N) is 2. The second-order valence-electron chi connectivity index (χ2n) is 12.0. The van der Waals surface area contributed by atoms with Crippen LogP contribution in [-0.2, 0) is 5.75 Å². The van der Waals surface area contributed by atoms with Gasteiger partial charge < -0.3 is 14.7 Å². The monoisotopic (exact) mass is 710 g/mol. The fraction of sp³-hybridized carbons (Fsp3) is 0.0476. The zero-order valence-corrected chi connectivity index (χ0v) is 28.0. The van der Waals surface area contributed by atoms with Crippen molar-refractivity contribution < 1.29 is 22.3 Å². The standard InChI is InChI=1S/C42H26F4N4OS/c1-2-20-51-30-14-8-25(9-15-30)35-31-16-10-26(47-31)21-28-12-18-33(49-28)36(34-19-13-29(50-34)22-27-11-17-32(35)48-27)37-38(43)40(45)42(41(46)39(37)44)52-23-24-6-4-3-5-7-24/h1,3-19,21-22,47,50H,20,23H2. The van der Waals surface area contributed by atoms with E-state index in [0.717, 1.165) is 22.2 Å². The molecule has 2 aliphatic rings. The molecule has 8 rings (SSSR count). The van der Waals surface area contributed by atoms with Crippen LogP contribution in [0.4, 0.5) is 17.6 Å². The van der Waals surface area contributed by atoms with Crippen molar-refractivity contribution in [2.75, 3.05) is 6.61 Å². The smallest absolute Gasteiger partial charge is 0.176 e. The van der Waals surface area contributed by atoms with Crippen molar-refractivity contribution in [1.29, 1.82) is 0 Å². The van der Waals surface area contributed by atoms with Crippen LogP contribution in [0.25, 0.3) is 68.6 Å². The van der Waals surface area contributed by atoms with E-state index in [4.69, 9.17) is 16.1 Å². The van der Waals surface area contributed by atoms with Gasteiger partial charge in [-0.3, -0.25) is 0 Å². The zero-order chi connectivity index (χ0) is 35.8. The number of nitrogens with zero attached hydrogens (tertiary/aromatic N) is 2. The molecule has 0 atom stereocenters. The quantitative estimate of drug-likeness (QED) is 0.0748. The van der Waals surface area contributed by atoms with Gasteiger partial charge in [-0.05, 0) is 84.0 Å².